The van der Waals surface area contributed by atoms with Gasteiger partial charge in [0.1, 0.15) is 4.88 Å². The fourth-order valence-corrected chi connectivity index (χ4v) is 2.56. The number of amides is 1. The van der Waals surface area contributed by atoms with Crippen LogP contribution in [0, 0.1) is 0 Å². The smallest absolute Gasteiger partial charge is 0.263 e. The van der Waals surface area contributed by atoms with Crippen LogP contribution in [0.25, 0.3) is 5.69 Å². The molecule has 0 aromatic carbocycles. The molecule has 0 radical (unpaired) electrons. The second-order valence-corrected chi connectivity index (χ2v) is 4.95. The normalized spacial score (nSPS) is 12.3. The number of methoxy groups -OCH3 is 1. The molecule has 2 N–H and O–H groups in total. The van der Waals surface area contributed by atoms with Crippen molar-refractivity contribution in [3.8, 4) is 5.69 Å². The molecule has 0 spiro atoms. The summed E-state index contributed by atoms with van der Waals surface area (Å²) in [5.74, 6) is -0.199. The Labute approximate surface area is 115 Å². The van der Waals surface area contributed by atoms with E-state index < -0.39 is 6.04 Å². The van der Waals surface area contributed by atoms with Gasteiger partial charge in [0.2, 0.25) is 0 Å². The molecule has 19 heavy (non-hydrogen) atoms. The van der Waals surface area contributed by atoms with E-state index in [9.17, 15) is 4.79 Å². The van der Waals surface area contributed by atoms with E-state index in [1.165, 1.54) is 18.4 Å². The molecule has 6 heteroatoms. The summed E-state index contributed by atoms with van der Waals surface area (Å²) in [7, 11) is 1.53. The molecule has 0 bridgehead atoms. The predicted octanol–water partition coefficient (Wildman–Crippen LogP) is 1.28. The summed E-state index contributed by atoms with van der Waals surface area (Å²) in [5.41, 5.74) is 0.835. The van der Waals surface area contributed by atoms with Crippen LogP contribution in [0.5, 0.6) is 0 Å². The molecule has 2 heterocycles. The summed E-state index contributed by atoms with van der Waals surface area (Å²) in [6, 6.07) is 5.31. The van der Waals surface area contributed by atoms with Gasteiger partial charge in [-0.2, -0.15) is 0 Å². The largest absolute Gasteiger partial charge is 0.394 e. The van der Waals surface area contributed by atoms with Crippen LogP contribution in [-0.2, 0) is 4.74 Å². The molecule has 0 fully saturated rings. The van der Waals surface area contributed by atoms with Crippen LogP contribution < -0.4 is 5.32 Å². The quantitative estimate of drug-likeness (QED) is 0.837. The molecule has 1 atom stereocenters. The third kappa shape index (κ3) is 3.23. The number of nitrogens with zero attached hydrogens (tertiary/aromatic N) is 1. The summed E-state index contributed by atoms with van der Waals surface area (Å²) in [6.45, 7) is 0.135. The van der Waals surface area contributed by atoms with Gasteiger partial charge in [-0.05, 0) is 23.6 Å². The number of aliphatic hydroxyl groups is 1. The molecule has 0 saturated carbocycles. The van der Waals surface area contributed by atoms with Gasteiger partial charge in [0.25, 0.3) is 5.91 Å². The highest BCUT2D eigenvalue weighted by molar-refractivity contribution is 7.12. The molecule has 0 aliphatic carbocycles. The molecule has 2 aromatic rings. The van der Waals surface area contributed by atoms with Crippen molar-refractivity contribution in [1.82, 2.24) is 9.88 Å². The van der Waals surface area contributed by atoms with E-state index in [1.54, 1.807) is 0 Å². The lowest BCUT2D eigenvalue weighted by Gasteiger charge is -2.15. The van der Waals surface area contributed by atoms with Crippen LogP contribution in [0.15, 0.2) is 36.0 Å². The minimum Gasteiger partial charge on any atom is -0.394 e. The molecule has 0 saturated heterocycles. The van der Waals surface area contributed by atoms with Gasteiger partial charge < -0.3 is 19.7 Å². The molecule has 0 aliphatic heterocycles. The highest BCUT2D eigenvalue weighted by atomic mass is 32.1. The van der Waals surface area contributed by atoms with Gasteiger partial charge in [-0.1, -0.05) is 0 Å². The molecule has 1 unspecified atom stereocenters. The van der Waals surface area contributed by atoms with E-state index in [0.29, 0.717) is 4.88 Å². The first kappa shape index (κ1) is 13.8. The minimum absolute atomic E-state index is 0.149. The van der Waals surface area contributed by atoms with Crippen molar-refractivity contribution in [3.63, 3.8) is 0 Å². The van der Waals surface area contributed by atoms with Crippen LogP contribution in [-0.4, -0.2) is 41.9 Å². The monoisotopic (exact) mass is 280 g/mol. The average molecular weight is 280 g/mol. The lowest BCUT2D eigenvalue weighted by Crippen LogP contribution is -2.40. The number of thiophene rings is 1. The Hall–Kier alpha value is -1.63. The van der Waals surface area contributed by atoms with Gasteiger partial charge in [-0.15, -0.1) is 11.3 Å². The van der Waals surface area contributed by atoms with Gasteiger partial charge >= 0.3 is 0 Å². The standard InChI is InChI=1S/C13H16N2O3S/c1-18-9-10(8-16)14-13(17)12-11(4-7-19-12)15-5-2-3-6-15/h2-7,10,16H,8-9H2,1H3,(H,14,17). The van der Waals surface area contributed by atoms with Gasteiger partial charge in [-0.25, -0.2) is 0 Å². The Bertz CT molecular complexity index is 522. The third-order valence-electron chi connectivity index (χ3n) is 2.66. The zero-order valence-corrected chi connectivity index (χ0v) is 11.4. The lowest BCUT2D eigenvalue weighted by atomic mass is 10.3. The Morgan fingerprint density at radius 1 is 1.53 bits per heavy atom. The number of aromatic nitrogens is 1. The maximum Gasteiger partial charge on any atom is 0.263 e. The molecule has 0 aliphatic rings. The van der Waals surface area contributed by atoms with E-state index in [4.69, 9.17) is 9.84 Å². The van der Waals surface area contributed by atoms with Crippen LogP contribution in [0.4, 0.5) is 0 Å². The molecule has 2 aromatic heterocycles. The number of ether oxygens (including phenoxy) is 1. The molecular weight excluding hydrogens is 264 g/mol. The Morgan fingerprint density at radius 2 is 2.26 bits per heavy atom. The highest BCUT2D eigenvalue weighted by Gasteiger charge is 2.17. The van der Waals surface area contributed by atoms with Crippen molar-refractivity contribution in [1.29, 1.82) is 0 Å². The third-order valence-corrected chi connectivity index (χ3v) is 3.56. The molecule has 2 rings (SSSR count). The van der Waals surface area contributed by atoms with Crippen molar-refractivity contribution in [3.05, 3.63) is 40.8 Å². The summed E-state index contributed by atoms with van der Waals surface area (Å²) >= 11 is 1.37. The zero-order chi connectivity index (χ0) is 13.7. The van der Waals surface area contributed by atoms with E-state index in [2.05, 4.69) is 5.32 Å². The van der Waals surface area contributed by atoms with Gasteiger partial charge in [0, 0.05) is 19.5 Å². The first-order valence-electron chi connectivity index (χ1n) is 5.87. The fraction of sp³-hybridized carbons (Fsp3) is 0.308. The average Bonchev–Trinajstić information content (AvgIpc) is 3.07. The summed E-state index contributed by atoms with van der Waals surface area (Å²) in [4.78, 5) is 12.8. The molecule has 5 nitrogen and oxygen atoms in total. The Balaban J connectivity index is 2.14. The first-order chi connectivity index (χ1) is 9.26. The van der Waals surface area contributed by atoms with Crippen molar-refractivity contribution < 1.29 is 14.6 Å². The fourth-order valence-electron chi connectivity index (χ4n) is 1.76. The summed E-state index contributed by atoms with van der Waals surface area (Å²) < 4.78 is 6.82. The second-order valence-electron chi connectivity index (χ2n) is 4.03. The van der Waals surface area contributed by atoms with E-state index in [-0.39, 0.29) is 19.1 Å². The van der Waals surface area contributed by atoms with Crippen LogP contribution in [0.1, 0.15) is 9.67 Å². The Kier molecular flexibility index (Phi) is 4.73. The minimum atomic E-state index is -0.392. The van der Waals surface area contributed by atoms with Crippen molar-refractivity contribution >= 4 is 17.2 Å². The van der Waals surface area contributed by atoms with E-state index >= 15 is 0 Å². The summed E-state index contributed by atoms with van der Waals surface area (Å²) in [6.07, 6.45) is 3.77. The lowest BCUT2D eigenvalue weighted by molar-refractivity contribution is 0.0843. The SMILES string of the molecule is COCC(CO)NC(=O)c1sccc1-n1cccc1. The number of carbonyl (C=O) groups is 1. The van der Waals surface area contributed by atoms with Gasteiger partial charge in [0.15, 0.2) is 0 Å². The maximum atomic E-state index is 12.2. The van der Waals surface area contributed by atoms with Crippen LogP contribution in [0.2, 0.25) is 0 Å². The number of hydrogen-bond donors (Lipinski definition) is 2. The maximum absolute atomic E-state index is 12.2. The number of rotatable bonds is 6. The number of carbonyl (C=O) groups excluding carboxylic acids is 1. The molecular formula is C13H16N2O3S. The molecule has 102 valence electrons. The highest BCUT2D eigenvalue weighted by Crippen LogP contribution is 2.21. The Morgan fingerprint density at radius 3 is 2.89 bits per heavy atom. The van der Waals surface area contributed by atoms with Crippen molar-refractivity contribution in [2.24, 2.45) is 0 Å². The number of nitrogens with one attached hydrogen (secondary N) is 1. The van der Waals surface area contributed by atoms with Gasteiger partial charge in [0.05, 0.1) is 24.9 Å². The van der Waals surface area contributed by atoms with Gasteiger partial charge in [-0.3, -0.25) is 4.79 Å². The van der Waals surface area contributed by atoms with E-state index in [1.807, 2.05) is 40.5 Å². The topological polar surface area (TPSA) is 63.5 Å². The van der Waals surface area contributed by atoms with E-state index in [0.717, 1.165) is 5.69 Å². The number of aliphatic hydroxyl groups excluding tert-OH is 1. The van der Waals surface area contributed by atoms with Crippen LogP contribution >= 0.6 is 11.3 Å². The van der Waals surface area contributed by atoms with Crippen molar-refractivity contribution in [2.45, 2.75) is 6.04 Å². The molecule has 1 amide bonds. The predicted molar refractivity (Wildman–Crippen MR) is 73.9 cm³/mol. The van der Waals surface area contributed by atoms with Crippen molar-refractivity contribution in [2.75, 3.05) is 20.3 Å². The summed E-state index contributed by atoms with van der Waals surface area (Å²) in [5, 5.41) is 13.8. The van der Waals surface area contributed by atoms with Crippen LogP contribution in [0.3, 0.4) is 0 Å². The first-order valence-corrected chi connectivity index (χ1v) is 6.75. The zero-order valence-electron chi connectivity index (χ0n) is 10.6. The second kappa shape index (κ2) is 6.51. The number of hydrogen-bond acceptors (Lipinski definition) is 4.